The first-order chi connectivity index (χ1) is 13.3. The van der Waals surface area contributed by atoms with E-state index in [-0.39, 0.29) is 17.7 Å². The third-order valence-corrected chi connectivity index (χ3v) is 4.92. The maximum Gasteiger partial charge on any atom is 0.230 e. The molecule has 0 aromatic carbocycles. The van der Waals surface area contributed by atoms with Crippen LogP contribution in [0.1, 0.15) is 56.4 Å². The van der Waals surface area contributed by atoms with Gasteiger partial charge in [0, 0.05) is 17.7 Å². The Morgan fingerprint density at radius 3 is 2.82 bits per heavy atom. The number of aromatic amines is 1. The monoisotopic (exact) mass is 398 g/mol. The van der Waals surface area contributed by atoms with E-state index in [1.165, 1.54) is 0 Å². The summed E-state index contributed by atoms with van der Waals surface area (Å²) in [5.74, 6) is 1.70. The zero-order valence-corrected chi connectivity index (χ0v) is 16.9. The first kappa shape index (κ1) is 18.7. The Kier molecular flexibility index (Phi) is 4.71. The minimum atomic E-state index is -0.116. The molecule has 1 fully saturated rings. The largest absolute Gasteiger partial charge is 0.311 e. The molecule has 3 heterocycles. The maximum atomic E-state index is 12.6. The number of amides is 1. The minimum Gasteiger partial charge on any atom is -0.311 e. The SMILES string of the molecule is CC(C)(C)c1c(C2CC2)n[nH]c1NC(=O)Cc1cnn(-c2cccc(Cl)n2)c1. The summed E-state index contributed by atoms with van der Waals surface area (Å²) >= 11 is 5.93. The summed E-state index contributed by atoms with van der Waals surface area (Å²) in [5.41, 5.74) is 2.87. The second-order valence-corrected chi connectivity index (χ2v) is 8.61. The molecule has 0 spiro atoms. The summed E-state index contributed by atoms with van der Waals surface area (Å²) in [4.78, 5) is 16.8. The zero-order valence-electron chi connectivity index (χ0n) is 16.2. The summed E-state index contributed by atoms with van der Waals surface area (Å²) in [5, 5.41) is 15.2. The van der Waals surface area contributed by atoms with Gasteiger partial charge in [-0.3, -0.25) is 9.89 Å². The summed E-state index contributed by atoms with van der Waals surface area (Å²) in [7, 11) is 0. The normalized spacial score (nSPS) is 14.3. The smallest absolute Gasteiger partial charge is 0.230 e. The molecule has 0 atom stereocenters. The highest BCUT2D eigenvalue weighted by Gasteiger charge is 2.35. The Hall–Kier alpha value is -2.67. The van der Waals surface area contributed by atoms with Crippen molar-refractivity contribution in [3.63, 3.8) is 0 Å². The van der Waals surface area contributed by atoms with E-state index in [0.717, 1.165) is 29.7 Å². The predicted molar refractivity (Wildman–Crippen MR) is 108 cm³/mol. The van der Waals surface area contributed by atoms with Crippen LogP contribution in [0.2, 0.25) is 5.15 Å². The molecule has 1 aliphatic rings. The van der Waals surface area contributed by atoms with Crippen LogP contribution in [0.5, 0.6) is 0 Å². The highest BCUT2D eigenvalue weighted by molar-refractivity contribution is 6.29. The number of halogens is 1. The number of anilines is 1. The van der Waals surface area contributed by atoms with Crippen molar-refractivity contribution < 1.29 is 4.79 Å². The van der Waals surface area contributed by atoms with Gasteiger partial charge in [-0.2, -0.15) is 10.2 Å². The van der Waals surface area contributed by atoms with Crippen LogP contribution in [0.15, 0.2) is 30.6 Å². The van der Waals surface area contributed by atoms with E-state index in [4.69, 9.17) is 11.6 Å². The quantitative estimate of drug-likeness (QED) is 0.636. The fraction of sp³-hybridized carbons (Fsp3) is 0.400. The van der Waals surface area contributed by atoms with Crippen molar-refractivity contribution in [3.05, 3.63) is 52.6 Å². The number of aromatic nitrogens is 5. The Balaban J connectivity index is 1.49. The van der Waals surface area contributed by atoms with E-state index < -0.39 is 0 Å². The molecule has 0 saturated heterocycles. The van der Waals surface area contributed by atoms with Crippen LogP contribution in [0.4, 0.5) is 5.82 Å². The molecule has 1 saturated carbocycles. The van der Waals surface area contributed by atoms with E-state index in [2.05, 4.69) is 46.4 Å². The summed E-state index contributed by atoms with van der Waals surface area (Å²) in [6.45, 7) is 6.42. The van der Waals surface area contributed by atoms with Gasteiger partial charge in [0.05, 0.1) is 18.3 Å². The molecule has 0 aliphatic heterocycles. The van der Waals surface area contributed by atoms with Crippen molar-refractivity contribution in [1.82, 2.24) is 25.0 Å². The number of H-pyrrole nitrogens is 1. The van der Waals surface area contributed by atoms with Crippen LogP contribution in [-0.2, 0) is 16.6 Å². The van der Waals surface area contributed by atoms with Crippen LogP contribution < -0.4 is 5.32 Å². The molecule has 3 aromatic heterocycles. The van der Waals surface area contributed by atoms with Gasteiger partial charge in [0.15, 0.2) is 5.82 Å². The molecule has 146 valence electrons. The van der Waals surface area contributed by atoms with Gasteiger partial charge in [0.25, 0.3) is 0 Å². The molecule has 1 aliphatic carbocycles. The van der Waals surface area contributed by atoms with Crippen LogP contribution in [0.25, 0.3) is 5.82 Å². The highest BCUT2D eigenvalue weighted by Crippen LogP contribution is 2.45. The van der Waals surface area contributed by atoms with Crippen molar-refractivity contribution in [2.75, 3.05) is 5.32 Å². The maximum absolute atomic E-state index is 12.6. The number of nitrogens with zero attached hydrogens (tertiary/aromatic N) is 4. The number of hydrogen-bond donors (Lipinski definition) is 2. The fourth-order valence-corrected chi connectivity index (χ4v) is 3.49. The lowest BCUT2D eigenvalue weighted by Gasteiger charge is -2.21. The van der Waals surface area contributed by atoms with Gasteiger partial charge in [-0.25, -0.2) is 9.67 Å². The first-order valence-electron chi connectivity index (χ1n) is 9.36. The van der Waals surface area contributed by atoms with Gasteiger partial charge >= 0.3 is 0 Å². The lowest BCUT2D eigenvalue weighted by atomic mass is 9.85. The summed E-state index contributed by atoms with van der Waals surface area (Å²) in [6.07, 6.45) is 5.99. The van der Waals surface area contributed by atoms with Crippen molar-refractivity contribution in [1.29, 1.82) is 0 Å². The molecule has 7 nitrogen and oxygen atoms in total. The molecule has 0 unspecified atom stereocenters. The van der Waals surface area contributed by atoms with Gasteiger partial charge < -0.3 is 5.32 Å². The lowest BCUT2D eigenvalue weighted by Crippen LogP contribution is -2.20. The number of rotatable bonds is 5. The van der Waals surface area contributed by atoms with Crippen molar-refractivity contribution in [2.24, 2.45) is 0 Å². The molecule has 0 radical (unpaired) electrons. The summed E-state index contributed by atoms with van der Waals surface area (Å²) in [6, 6.07) is 5.32. The average Bonchev–Trinajstić information content (AvgIpc) is 3.20. The lowest BCUT2D eigenvalue weighted by molar-refractivity contribution is -0.115. The molecule has 1 amide bonds. The average molecular weight is 399 g/mol. The van der Waals surface area contributed by atoms with Crippen LogP contribution in [0.3, 0.4) is 0 Å². The molecule has 8 heteroatoms. The molecular weight excluding hydrogens is 376 g/mol. The van der Waals surface area contributed by atoms with E-state index >= 15 is 0 Å². The second kappa shape index (κ2) is 7.05. The minimum absolute atomic E-state index is 0.101. The van der Waals surface area contributed by atoms with E-state index in [1.54, 1.807) is 23.1 Å². The number of pyridine rings is 1. The molecule has 0 bridgehead atoms. The third kappa shape index (κ3) is 3.94. The standard InChI is InChI=1S/C20H23ClN6O/c1-20(2,3)17-18(13-7-8-13)25-26-19(17)24-16(28)9-12-10-22-27(11-12)15-6-4-5-14(21)23-15/h4-6,10-11,13H,7-9H2,1-3H3,(H2,24,25,26,28). The summed E-state index contributed by atoms with van der Waals surface area (Å²) < 4.78 is 1.61. The van der Waals surface area contributed by atoms with Gasteiger partial charge in [0.1, 0.15) is 11.0 Å². The first-order valence-corrected chi connectivity index (χ1v) is 9.74. The molecule has 3 aromatic rings. The Labute approximate surface area is 168 Å². The zero-order chi connectivity index (χ0) is 19.9. The predicted octanol–water partition coefficient (Wildman–Crippen LogP) is 4.00. The van der Waals surface area contributed by atoms with Gasteiger partial charge in [-0.15, -0.1) is 0 Å². The van der Waals surface area contributed by atoms with Crippen molar-refractivity contribution in [2.45, 2.75) is 51.4 Å². The molecule has 2 N–H and O–H groups in total. The van der Waals surface area contributed by atoms with Crippen LogP contribution in [-0.4, -0.2) is 30.9 Å². The van der Waals surface area contributed by atoms with Gasteiger partial charge in [-0.1, -0.05) is 38.4 Å². The molecule has 28 heavy (non-hydrogen) atoms. The fourth-order valence-electron chi connectivity index (χ4n) is 3.33. The number of hydrogen-bond acceptors (Lipinski definition) is 4. The third-order valence-electron chi connectivity index (χ3n) is 4.71. The highest BCUT2D eigenvalue weighted by atomic mass is 35.5. The van der Waals surface area contributed by atoms with Crippen LogP contribution in [0, 0.1) is 0 Å². The Morgan fingerprint density at radius 1 is 1.36 bits per heavy atom. The van der Waals surface area contributed by atoms with Crippen molar-refractivity contribution in [3.8, 4) is 5.82 Å². The van der Waals surface area contributed by atoms with E-state index in [9.17, 15) is 4.79 Å². The molecular formula is C20H23ClN6O. The Morgan fingerprint density at radius 2 is 2.14 bits per heavy atom. The molecule has 4 rings (SSSR count). The van der Waals surface area contributed by atoms with Gasteiger partial charge in [0.2, 0.25) is 5.91 Å². The van der Waals surface area contributed by atoms with Crippen molar-refractivity contribution >= 4 is 23.3 Å². The number of carbonyl (C=O) groups is 1. The van der Waals surface area contributed by atoms with Gasteiger partial charge in [-0.05, 0) is 36.0 Å². The van der Waals surface area contributed by atoms with E-state index in [0.29, 0.717) is 22.7 Å². The van der Waals surface area contributed by atoms with E-state index in [1.807, 2.05) is 12.1 Å². The second-order valence-electron chi connectivity index (χ2n) is 8.22. The number of carbonyl (C=O) groups excluding carboxylic acids is 1. The number of nitrogens with one attached hydrogen (secondary N) is 2. The van der Waals surface area contributed by atoms with Crippen LogP contribution >= 0.6 is 11.6 Å². The topological polar surface area (TPSA) is 88.5 Å². The Bertz CT molecular complexity index is 1010.